The van der Waals surface area contributed by atoms with E-state index < -0.39 is 23.8 Å². The van der Waals surface area contributed by atoms with Gasteiger partial charge in [-0.1, -0.05) is 12.8 Å². The van der Waals surface area contributed by atoms with Gasteiger partial charge < -0.3 is 14.7 Å². The zero-order valence-electron chi connectivity index (χ0n) is 13.0. The summed E-state index contributed by atoms with van der Waals surface area (Å²) in [6, 6.07) is -0.168. The first kappa shape index (κ1) is 17.5. The maximum absolute atomic E-state index is 12.6. The monoisotopic (exact) mass is 299 g/mol. The van der Waals surface area contributed by atoms with E-state index in [4.69, 9.17) is 4.74 Å². The summed E-state index contributed by atoms with van der Waals surface area (Å²) in [5.74, 6) is -2.80. The summed E-state index contributed by atoms with van der Waals surface area (Å²) in [5.41, 5.74) is 0. The minimum absolute atomic E-state index is 0.118. The Morgan fingerprint density at radius 3 is 2.24 bits per heavy atom. The number of ether oxygens (including phenoxy) is 1. The highest BCUT2D eigenvalue weighted by molar-refractivity contribution is 5.87. The highest BCUT2D eigenvalue weighted by Gasteiger charge is 2.38. The van der Waals surface area contributed by atoms with Crippen LogP contribution >= 0.6 is 0 Å². The summed E-state index contributed by atoms with van der Waals surface area (Å²) in [7, 11) is 0. The van der Waals surface area contributed by atoms with Crippen LogP contribution in [-0.2, 0) is 19.1 Å². The molecule has 0 aromatic rings. The van der Waals surface area contributed by atoms with Crippen molar-refractivity contribution in [3.8, 4) is 0 Å². The molecule has 1 rings (SSSR count). The van der Waals surface area contributed by atoms with Crippen molar-refractivity contribution in [2.75, 3.05) is 13.2 Å². The van der Waals surface area contributed by atoms with Gasteiger partial charge in [-0.05, 0) is 33.6 Å². The zero-order valence-corrected chi connectivity index (χ0v) is 13.0. The van der Waals surface area contributed by atoms with Gasteiger partial charge in [0.25, 0.3) is 0 Å². The fourth-order valence-corrected chi connectivity index (χ4v) is 2.80. The fraction of sp³-hybridized carbons (Fsp3) is 0.800. The number of rotatable bonds is 6. The molecule has 2 atom stereocenters. The van der Waals surface area contributed by atoms with Crippen molar-refractivity contribution in [3.63, 3.8) is 0 Å². The van der Waals surface area contributed by atoms with Gasteiger partial charge >= 0.3 is 11.9 Å². The summed E-state index contributed by atoms with van der Waals surface area (Å²) in [5, 5.41) is 9.28. The predicted octanol–water partition coefficient (Wildman–Crippen LogP) is 1.68. The van der Waals surface area contributed by atoms with Crippen molar-refractivity contribution in [1.29, 1.82) is 0 Å². The number of carboxylic acid groups (broad SMARTS) is 1. The summed E-state index contributed by atoms with van der Waals surface area (Å²) in [6.45, 7) is 5.49. The van der Waals surface area contributed by atoms with Crippen molar-refractivity contribution in [2.45, 2.75) is 52.5 Å². The van der Waals surface area contributed by atoms with Gasteiger partial charge in [0.15, 0.2) is 0 Å². The first-order valence-corrected chi connectivity index (χ1v) is 7.57. The fourth-order valence-electron chi connectivity index (χ4n) is 2.80. The topological polar surface area (TPSA) is 83.9 Å². The summed E-state index contributed by atoms with van der Waals surface area (Å²) < 4.78 is 4.89. The standard InChI is InChI=1S/C15H25NO5/c1-4-21-13(17)9-16(10(2)3)14(18)11-7-5-6-8-12(11)15(19)20/h10-12H,4-9H2,1-3H3,(H,19,20)/t11-,12+/m1/s1. The van der Waals surface area contributed by atoms with E-state index in [-0.39, 0.29) is 25.1 Å². The molecule has 0 spiro atoms. The van der Waals surface area contributed by atoms with E-state index in [0.717, 1.165) is 12.8 Å². The van der Waals surface area contributed by atoms with Crippen LogP contribution in [0, 0.1) is 11.8 Å². The lowest BCUT2D eigenvalue weighted by Gasteiger charge is -2.34. The predicted molar refractivity (Wildman–Crippen MR) is 76.6 cm³/mol. The lowest BCUT2D eigenvalue weighted by atomic mass is 9.78. The number of carbonyl (C=O) groups is 3. The van der Waals surface area contributed by atoms with Crippen molar-refractivity contribution in [1.82, 2.24) is 4.90 Å². The van der Waals surface area contributed by atoms with Gasteiger partial charge in [0.2, 0.25) is 5.91 Å². The lowest BCUT2D eigenvalue weighted by Crippen LogP contribution is -2.47. The Hall–Kier alpha value is -1.59. The van der Waals surface area contributed by atoms with E-state index in [1.807, 2.05) is 13.8 Å². The number of carbonyl (C=O) groups excluding carboxylic acids is 2. The third-order valence-electron chi connectivity index (χ3n) is 3.91. The van der Waals surface area contributed by atoms with Crippen LogP contribution in [0.15, 0.2) is 0 Å². The number of carboxylic acids is 1. The molecule has 0 unspecified atom stereocenters. The molecule has 120 valence electrons. The molecular weight excluding hydrogens is 274 g/mol. The van der Waals surface area contributed by atoms with Crippen LogP contribution in [0.2, 0.25) is 0 Å². The molecular formula is C15H25NO5. The van der Waals surface area contributed by atoms with Crippen molar-refractivity contribution >= 4 is 17.8 Å². The number of aliphatic carboxylic acids is 1. The number of hydrogen-bond acceptors (Lipinski definition) is 4. The Bertz CT molecular complexity index is 394. The van der Waals surface area contributed by atoms with Crippen molar-refractivity contribution in [2.24, 2.45) is 11.8 Å². The van der Waals surface area contributed by atoms with Crippen LogP contribution in [0.25, 0.3) is 0 Å². The molecule has 1 N–H and O–H groups in total. The molecule has 0 heterocycles. The second kappa shape index (κ2) is 8.00. The lowest BCUT2D eigenvalue weighted by molar-refractivity contribution is -0.156. The van der Waals surface area contributed by atoms with Gasteiger partial charge in [-0.25, -0.2) is 0 Å². The smallest absolute Gasteiger partial charge is 0.325 e. The molecule has 1 fully saturated rings. The molecule has 1 saturated carbocycles. The molecule has 6 heteroatoms. The molecule has 0 bridgehead atoms. The van der Waals surface area contributed by atoms with Gasteiger partial charge in [0, 0.05) is 6.04 Å². The Morgan fingerprint density at radius 1 is 1.19 bits per heavy atom. The highest BCUT2D eigenvalue weighted by atomic mass is 16.5. The Labute approximate surface area is 125 Å². The minimum Gasteiger partial charge on any atom is -0.481 e. The third-order valence-corrected chi connectivity index (χ3v) is 3.91. The van der Waals surface area contributed by atoms with Crippen LogP contribution < -0.4 is 0 Å². The van der Waals surface area contributed by atoms with Gasteiger partial charge in [-0.3, -0.25) is 14.4 Å². The second-order valence-electron chi connectivity index (χ2n) is 5.70. The molecule has 1 aliphatic rings. The van der Waals surface area contributed by atoms with Crippen LogP contribution in [0.5, 0.6) is 0 Å². The molecule has 1 amide bonds. The zero-order chi connectivity index (χ0) is 16.0. The molecule has 0 radical (unpaired) electrons. The molecule has 0 aromatic carbocycles. The normalized spacial score (nSPS) is 21.9. The van der Waals surface area contributed by atoms with E-state index in [0.29, 0.717) is 12.8 Å². The summed E-state index contributed by atoms with van der Waals surface area (Å²) in [4.78, 5) is 37.0. The van der Waals surface area contributed by atoms with Gasteiger partial charge in [-0.15, -0.1) is 0 Å². The quantitative estimate of drug-likeness (QED) is 0.754. The summed E-state index contributed by atoms with van der Waals surface area (Å²) in [6.07, 6.45) is 2.78. The van der Waals surface area contributed by atoms with E-state index >= 15 is 0 Å². The second-order valence-corrected chi connectivity index (χ2v) is 5.70. The average molecular weight is 299 g/mol. The molecule has 0 saturated heterocycles. The number of nitrogens with zero attached hydrogens (tertiary/aromatic N) is 1. The molecule has 0 aromatic heterocycles. The van der Waals surface area contributed by atoms with E-state index in [9.17, 15) is 19.5 Å². The summed E-state index contributed by atoms with van der Waals surface area (Å²) >= 11 is 0. The van der Waals surface area contributed by atoms with Gasteiger partial charge in [-0.2, -0.15) is 0 Å². The van der Waals surface area contributed by atoms with Gasteiger partial charge in [0.1, 0.15) is 6.54 Å². The number of esters is 1. The third kappa shape index (κ3) is 4.72. The Morgan fingerprint density at radius 2 is 1.76 bits per heavy atom. The van der Waals surface area contributed by atoms with Crippen LogP contribution in [0.4, 0.5) is 0 Å². The van der Waals surface area contributed by atoms with Crippen LogP contribution in [0.1, 0.15) is 46.5 Å². The first-order valence-electron chi connectivity index (χ1n) is 7.57. The van der Waals surface area contributed by atoms with E-state index in [1.165, 1.54) is 4.90 Å². The minimum atomic E-state index is -0.923. The highest BCUT2D eigenvalue weighted by Crippen LogP contribution is 2.32. The number of amides is 1. The molecule has 21 heavy (non-hydrogen) atoms. The maximum Gasteiger partial charge on any atom is 0.325 e. The van der Waals surface area contributed by atoms with Crippen LogP contribution in [0.3, 0.4) is 0 Å². The Balaban J connectivity index is 2.83. The largest absolute Gasteiger partial charge is 0.481 e. The number of hydrogen-bond donors (Lipinski definition) is 1. The average Bonchev–Trinajstić information content (AvgIpc) is 2.44. The first-order chi connectivity index (χ1) is 9.88. The molecule has 1 aliphatic carbocycles. The van der Waals surface area contributed by atoms with E-state index in [2.05, 4.69) is 0 Å². The Kier molecular flexibility index (Phi) is 6.65. The molecule has 0 aliphatic heterocycles. The van der Waals surface area contributed by atoms with Crippen LogP contribution in [-0.4, -0.2) is 47.0 Å². The van der Waals surface area contributed by atoms with Gasteiger partial charge in [0.05, 0.1) is 18.4 Å². The van der Waals surface area contributed by atoms with Crippen molar-refractivity contribution in [3.05, 3.63) is 0 Å². The van der Waals surface area contributed by atoms with E-state index in [1.54, 1.807) is 6.92 Å². The maximum atomic E-state index is 12.6. The van der Waals surface area contributed by atoms with Crippen molar-refractivity contribution < 1.29 is 24.2 Å². The SMILES string of the molecule is CCOC(=O)CN(C(=O)[C@@H]1CCCC[C@@H]1C(=O)O)C(C)C. The molecule has 6 nitrogen and oxygen atoms in total.